The zero-order chi connectivity index (χ0) is 19.6. The molecule has 1 aromatic carbocycles. The maximum Gasteiger partial charge on any atom is 0.266 e. The number of halogens is 3. The molecule has 2 heterocycles. The second-order valence-corrected chi connectivity index (χ2v) is 9.36. The molecule has 1 aliphatic heterocycles. The van der Waals surface area contributed by atoms with Crippen LogP contribution in [0.2, 0.25) is 15.1 Å². The molecule has 1 fully saturated rings. The molecule has 0 aliphatic carbocycles. The van der Waals surface area contributed by atoms with Crippen molar-refractivity contribution in [1.29, 1.82) is 0 Å². The fourth-order valence-corrected chi connectivity index (χ4v) is 6.00. The first-order chi connectivity index (χ1) is 12.8. The van der Waals surface area contributed by atoms with Crippen LogP contribution < -0.4 is 4.72 Å². The molecule has 3 rings (SSSR count). The van der Waals surface area contributed by atoms with Crippen molar-refractivity contribution in [2.45, 2.75) is 11.3 Å². The van der Waals surface area contributed by atoms with Gasteiger partial charge in [0.05, 0.1) is 22.3 Å². The van der Waals surface area contributed by atoms with Gasteiger partial charge in [0.2, 0.25) is 5.91 Å². The standard InChI is InChI=1S/C15H14Cl3N3O4S2/c16-9-5-11(17)14(12(18)6-9)27(23,24)20-15-19-10(8-26-15)1-2-21-3-4-25-7-13(21)22/h5-6,8H,1-4,7H2,(H,19,20). The number of hydrogen-bond acceptors (Lipinski definition) is 6. The van der Waals surface area contributed by atoms with E-state index in [0.717, 1.165) is 11.3 Å². The van der Waals surface area contributed by atoms with Crippen LogP contribution in [0.1, 0.15) is 5.69 Å². The van der Waals surface area contributed by atoms with Crippen molar-refractivity contribution in [2.75, 3.05) is 31.0 Å². The van der Waals surface area contributed by atoms with Crippen LogP contribution in [0.15, 0.2) is 22.4 Å². The second kappa shape index (κ2) is 8.50. The molecule has 0 spiro atoms. The Hall–Kier alpha value is -1.10. The highest BCUT2D eigenvalue weighted by Gasteiger charge is 2.24. The lowest BCUT2D eigenvalue weighted by Gasteiger charge is -2.26. The number of carbonyl (C=O) groups is 1. The largest absolute Gasteiger partial charge is 0.370 e. The fourth-order valence-electron chi connectivity index (χ4n) is 2.46. The van der Waals surface area contributed by atoms with Crippen LogP contribution in [0.5, 0.6) is 0 Å². The minimum absolute atomic E-state index is 0.0653. The molecule has 0 saturated carbocycles. The van der Waals surface area contributed by atoms with Crippen LogP contribution in [0.25, 0.3) is 0 Å². The third-order valence-corrected chi connectivity index (χ3v) is 7.14. The Bertz CT molecular complexity index is 942. The predicted molar refractivity (Wildman–Crippen MR) is 105 cm³/mol. The van der Waals surface area contributed by atoms with E-state index in [1.165, 1.54) is 12.1 Å². The summed E-state index contributed by atoms with van der Waals surface area (Å²) in [6, 6.07) is 2.60. The van der Waals surface area contributed by atoms with Gasteiger partial charge < -0.3 is 9.64 Å². The fraction of sp³-hybridized carbons (Fsp3) is 0.333. The summed E-state index contributed by atoms with van der Waals surface area (Å²) in [5.74, 6) is -0.0653. The first kappa shape index (κ1) is 20.6. The van der Waals surface area contributed by atoms with E-state index in [2.05, 4.69) is 9.71 Å². The molecule has 1 aliphatic rings. The molecule has 0 unspecified atom stereocenters. The predicted octanol–water partition coefficient (Wildman–Crippen LogP) is 3.31. The molecule has 0 radical (unpaired) electrons. The lowest BCUT2D eigenvalue weighted by Crippen LogP contribution is -2.42. The molecular formula is C15H14Cl3N3O4S2. The second-order valence-electron chi connectivity index (χ2n) is 5.63. The quantitative estimate of drug-likeness (QED) is 0.700. The Balaban J connectivity index is 1.69. The van der Waals surface area contributed by atoms with Gasteiger partial charge in [-0.05, 0) is 12.1 Å². The Kier molecular flexibility index (Phi) is 6.50. The maximum atomic E-state index is 12.6. The van der Waals surface area contributed by atoms with E-state index in [1.54, 1.807) is 10.3 Å². The van der Waals surface area contributed by atoms with E-state index in [4.69, 9.17) is 39.5 Å². The Morgan fingerprint density at radius 1 is 1.26 bits per heavy atom. The molecule has 1 saturated heterocycles. The van der Waals surface area contributed by atoms with Gasteiger partial charge in [-0.2, -0.15) is 0 Å². The van der Waals surface area contributed by atoms with Gasteiger partial charge in [-0.3, -0.25) is 9.52 Å². The summed E-state index contributed by atoms with van der Waals surface area (Å²) in [6.45, 7) is 1.63. The van der Waals surface area contributed by atoms with Crippen LogP contribution in [0, 0.1) is 0 Å². The first-order valence-electron chi connectivity index (χ1n) is 7.73. The number of benzene rings is 1. The SMILES string of the molecule is O=C1COCCN1CCc1csc(NS(=O)(=O)c2c(Cl)cc(Cl)cc2Cl)n1. The number of aromatic nitrogens is 1. The number of nitrogens with one attached hydrogen (secondary N) is 1. The monoisotopic (exact) mass is 469 g/mol. The van der Waals surface area contributed by atoms with E-state index in [-0.39, 0.29) is 37.6 Å². The number of nitrogens with zero attached hydrogens (tertiary/aromatic N) is 2. The Labute approximate surface area is 175 Å². The lowest BCUT2D eigenvalue weighted by atomic mass is 10.3. The smallest absolute Gasteiger partial charge is 0.266 e. The molecule has 0 atom stereocenters. The maximum absolute atomic E-state index is 12.6. The summed E-state index contributed by atoms with van der Waals surface area (Å²) in [7, 11) is -4.03. The molecule has 1 amide bonds. The van der Waals surface area contributed by atoms with Crippen molar-refractivity contribution < 1.29 is 17.9 Å². The van der Waals surface area contributed by atoms with Crippen molar-refractivity contribution in [2.24, 2.45) is 0 Å². The Morgan fingerprint density at radius 2 is 1.96 bits per heavy atom. The summed E-state index contributed by atoms with van der Waals surface area (Å²) in [4.78, 5) is 17.4. The number of carbonyl (C=O) groups excluding carboxylic acids is 1. The van der Waals surface area contributed by atoms with Gasteiger partial charge >= 0.3 is 0 Å². The van der Waals surface area contributed by atoms with Gasteiger partial charge in [-0.1, -0.05) is 34.8 Å². The molecule has 1 aromatic heterocycles. The molecule has 0 bridgehead atoms. The summed E-state index contributed by atoms with van der Waals surface area (Å²) < 4.78 is 32.6. The van der Waals surface area contributed by atoms with Crippen LogP contribution in [0.3, 0.4) is 0 Å². The van der Waals surface area contributed by atoms with Gasteiger partial charge in [0, 0.05) is 29.9 Å². The number of amides is 1. The van der Waals surface area contributed by atoms with Crippen molar-refractivity contribution in [3.05, 3.63) is 38.3 Å². The number of rotatable bonds is 6. The van der Waals surface area contributed by atoms with Crippen molar-refractivity contribution >= 4 is 67.2 Å². The van der Waals surface area contributed by atoms with Crippen molar-refractivity contribution in [1.82, 2.24) is 9.88 Å². The molecule has 2 aromatic rings. The van der Waals surface area contributed by atoms with Gasteiger partial charge in [0.25, 0.3) is 10.0 Å². The zero-order valence-corrected chi connectivity index (χ0v) is 17.6. The van der Waals surface area contributed by atoms with E-state index >= 15 is 0 Å². The van der Waals surface area contributed by atoms with E-state index in [9.17, 15) is 13.2 Å². The molecular weight excluding hydrogens is 457 g/mol. The number of hydrogen-bond donors (Lipinski definition) is 1. The molecule has 12 heteroatoms. The molecule has 27 heavy (non-hydrogen) atoms. The highest BCUT2D eigenvalue weighted by atomic mass is 35.5. The minimum Gasteiger partial charge on any atom is -0.370 e. The lowest BCUT2D eigenvalue weighted by molar-refractivity contribution is -0.142. The minimum atomic E-state index is -4.03. The van der Waals surface area contributed by atoms with Crippen LogP contribution >= 0.6 is 46.1 Å². The van der Waals surface area contributed by atoms with E-state index < -0.39 is 10.0 Å². The van der Waals surface area contributed by atoms with Crippen LogP contribution in [0.4, 0.5) is 5.13 Å². The number of ether oxygens (including phenoxy) is 1. The third-order valence-electron chi connectivity index (χ3n) is 3.73. The highest BCUT2D eigenvalue weighted by molar-refractivity contribution is 7.93. The van der Waals surface area contributed by atoms with E-state index in [1.807, 2.05) is 0 Å². The average Bonchev–Trinajstić information content (AvgIpc) is 2.99. The van der Waals surface area contributed by atoms with Gasteiger partial charge in [-0.25, -0.2) is 13.4 Å². The summed E-state index contributed by atoms with van der Waals surface area (Å²) in [5.41, 5.74) is 0.672. The summed E-state index contributed by atoms with van der Waals surface area (Å²) in [5, 5.41) is 1.98. The summed E-state index contributed by atoms with van der Waals surface area (Å²) >= 11 is 18.9. The van der Waals surface area contributed by atoms with Gasteiger partial charge in [-0.15, -0.1) is 11.3 Å². The summed E-state index contributed by atoms with van der Waals surface area (Å²) in [6.07, 6.45) is 0.506. The molecule has 146 valence electrons. The third kappa shape index (κ3) is 5.04. The molecule has 7 nitrogen and oxygen atoms in total. The Morgan fingerprint density at radius 3 is 2.63 bits per heavy atom. The van der Waals surface area contributed by atoms with Crippen molar-refractivity contribution in [3.63, 3.8) is 0 Å². The van der Waals surface area contributed by atoms with Crippen LogP contribution in [-0.4, -0.2) is 50.5 Å². The zero-order valence-electron chi connectivity index (χ0n) is 13.7. The first-order valence-corrected chi connectivity index (χ1v) is 11.2. The van der Waals surface area contributed by atoms with Gasteiger partial charge in [0.15, 0.2) is 5.13 Å². The molecule has 1 N–H and O–H groups in total. The number of sulfonamides is 1. The van der Waals surface area contributed by atoms with E-state index in [0.29, 0.717) is 31.8 Å². The van der Waals surface area contributed by atoms with Crippen LogP contribution in [-0.2, 0) is 26.0 Å². The normalized spacial score (nSPS) is 15.2. The number of anilines is 1. The number of morpholine rings is 1. The number of thiazole rings is 1. The highest BCUT2D eigenvalue weighted by Crippen LogP contribution is 2.34. The topological polar surface area (TPSA) is 88.6 Å². The van der Waals surface area contributed by atoms with Crippen molar-refractivity contribution in [3.8, 4) is 0 Å². The van der Waals surface area contributed by atoms with Gasteiger partial charge in [0.1, 0.15) is 11.5 Å². The average molecular weight is 471 g/mol.